The Balaban J connectivity index is 1.15. The van der Waals surface area contributed by atoms with Crippen LogP contribution in [0.1, 0.15) is 170 Å². The molecule has 60 heavy (non-hydrogen) atoms. The summed E-state index contributed by atoms with van der Waals surface area (Å²) < 4.78 is 28.6. The van der Waals surface area contributed by atoms with Crippen LogP contribution >= 0.6 is 0 Å². The van der Waals surface area contributed by atoms with Crippen LogP contribution in [0.25, 0.3) is 0 Å². The molecule has 336 valence electrons. The van der Waals surface area contributed by atoms with Crippen molar-refractivity contribution in [1.29, 1.82) is 0 Å². The standard InChI is InChI=1S/C48H76N4O7S/c1-9-21-45(24-25-45)60(58,59)50-42(57)46(28-33(46)10-2)30-38(54)36-29-48(44(7,8)47(48)22-17-23-47)31-52(36)41(56)34(43(4,5)6)27-37(53)39(32-18-13-12-14-19-32)49-40(55)35-20-15-16-26-51(35)11-3/h10,32-36,39H,2,9,11-31H2,1,3-8H3,(H,49,55)(H,50,57)/t33-,34-,35+,36+,39+,46-,48-/m1/s1. The number of ketones is 2. The van der Waals surface area contributed by atoms with Crippen LogP contribution in [0.5, 0.6) is 0 Å². The number of sulfonamides is 1. The fourth-order valence-electron chi connectivity index (χ4n) is 13.4. The highest BCUT2D eigenvalue weighted by Gasteiger charge is 2.85. The van der Waals surface area contributed by atoms with E-state index in [1.54, 1.807) is 11.0 Å². The van der Waals surface area contributed by atoms with E-state index in [0.717, 1.165) is 83.7 Å². The molecule has 2 aliphatic heterocycles. The molecule has 7 fully saturated rings. The largest absolute Gasteiger partial charge is 0.345 e. The molecular weight excluding hydrogens is 777 g/mol. The van der Waals surface area contributed by atoms with E-state index in [9.17, 15) is 27.6 Å². The Morgan fingerprint density at radius 3 is 2.07 bits per heavy atom. The summed E-state index contributed by atoms with van der Waals surface area (Å²) in [6, 6.07) is -1.73. The molecule has 0 aromatic carbocycles. The molecule has 0 aromatic rings. The Morgan fingerprint density at radius 1 is 0.867 bits per heavy atom. The first-order chi connectivity index (χ1) is 28.2. The first-order valence-electron chi connectivity index (χ1n) is 23.8. The van der Waals surface area contributed by atoms with Crippen molar-refractivity contribution in [2.75, 3.05) is 19.6 Å². The molecule has 0 unspecified atom stereocenters. The lowest BCUT2D eigenvalue weighted by molar-refractivity contribution is -0.147. The van der Waals surface area contributed by atoms with Crippen molar-refractivity contribution in [1.82, 2.24) is 19.8 Å². The zero-order valence-electron chi connectivity index (χ0n) is 38.0. The highest BCUT2D eigenvalue weighted by atomic mass is 32.2. The van der Waals surface area contributed by atoms with Gasteiger partial charge in [0.25, 0.3) is 0 Å². The first kappa shape index (κ1) is 45.4. The van der Waals surface area contributed by atoms with E-state index >= 15 is 4.79 Å². The second-order valence-corrected chi connectivity index (χ2v) is 24.2. The Hall–Kier alpha value is -2.60. The van der Waals surface area contributed by atoms with Gasteiger partial charge < -0.3 is 10.2 Å². The summed E-state index contributed by atoms with van der Waals surface area (Å²) in [7, 11) is -3.94. The number of hydrogen-bond acceptors (Lipinski definition) is 8. The predicted octanol–water partition coefficient (Wildman–Crippen LogP) is 7.28. The third-order valence-corrected chi connectivity index (χ3v) is 20.2. The highest BCUT2D eigenvalue weighted by Crippen LogP contribution is 2.88. The average Bonchev–Trinajstić information content (AvgIpc) is 4.13. The molecule has 2 saturated heterocycles. The third-order valence-electron chi connectivity index (χ3n) is 18.0. The van der Waals surface area contributed by atoms with E-state index in [-0.39, 0.29) is 70.3 Å². The molecule has 2 heterocycles. The van der Waals surface area contributed by atoms with E-state index < -0.39 is 49.5 Å². The fourth-order valence-corrected chi connectivity index (χ4v) is 15.2. The molecule has 0 radical (unpaired) electrons. The monoisotopic (exact) mass is 853 g/mol. The molecular formula is C48H76N4O7S. The van der Waals surface area contributed by atoms with Crippen LogP contribution in [-0.2, 0) is 34.0 Å². The molecule has 2 spiro atoms. The number of rotatable bonds is 17. The number of carbonyl (C=O) groups excluding carboxylic acids is 5. The van der Waals surface area contributed by atoms with Gasteiger partial charge in [-0.1, -0.05) is 93.1 Å². The van der Waals surface area contributed by atoms with E-state index in [1.165, 1.54) is 0 Å². The average molecular weight is 853 g/mol. The van der Waals surface area contributed by atoms with Gasteiger partial charge in [0.15, 0.2) is 11.6 Å². The number of fused-ring (bicyclic) bond motifs is 1. The lowest BCUT2D eigenvalue weighted by Gasteiger charge is -2.38. The molecule has 5 aliphatic carbocycles. The molecule has 2 N–H and O–H groups in total. The van der Waals surface area contributed by atoms with Gasteiger partial charge in [-0.05, 0) is 112 Å². The lowest BCUT2D eigenvalue weighted by atomic mass is 9.73. The summed E-state index contributed by atoms with van der Waals surface area (Å²) in [5.41, 5.74) is -2.19. The molecule has 7 atom stereocenters. The number of allylic oxidation sites excluding steroid dienone is 1. The zero-order valence-corrected chi connectivity index (χ0v) is 38.8. The van der Waals surface area contributed by atoms with Crippen LogP contribution in [0.3, 0.4) is 0 Å². The number of Topliss-reactive ketones (excluding diaryl/α,β-unsaturated/α-hetero) is 2. The Labute approximate surface area is 360 Å². The fraction of sp³-hybridized carbons (Fsp3) is 0.854. The van der Waals surface area contributed by atoms with E-state index in [1.807, 2.05) is 27.7 Å². The van der Waals surface area contributed by atoms with Gasteiger partial charge in [0.1, 0.15) is 0 Å². The minimum Gasteiger partial charge on any atom is -0.345 e. The molecule has 7 aliphatic rings. The van der Waals surface area contributed by atoms with Crippen molar-refractivity contribution in [2.45, 2.75) is 193 Å². The van der Waals surface area contributed by atoms with Gasteiger partial charge in [0, 0.05) is 30.7 Å². The van der Waals surface area contributed by atoms with Crippen LogP contribution < -0.4 is 10.0 Å². The molecule has 3 amide bonds. The Bertz CT molecular complexity index is 1840. The maximum Gasteiger partial charge on any atom is 0.240 e. The summed E-state index contributed by atoms with van der Waals surface area (Å²) in [4.78, 5) is 77.2. The number of likely N-dealkylation sites (tertiary alicyclic amines) is 2. The van der Waals surface area contributed by atoms with Crippen molar-refractivity contribution in [2.24, 2.45) is 44.8 Å². The quantitative estimate of drug-likeness (QED) is 0.145. The van der Waals surface area contributed by atoms with Gasteiger partial charge >= 0.3 is 0 Å². The van der Waals surface area contributed by atoms with Crippen molar-refractivity contribution in [3.8, 4) is 0 Å². The van der Waals surface area contributed by atoms with Crippen molar-refractivity contribution in [3.05, 3.63) is 12.7 Å². The second-order valence-electron chi connectivity index (χ2n) is 22.2. The van der Waals surface area contributed by atoms with Crippen molar-refractivity contribution in [3.63, 3.8) is 0 Å². The van der Waals surface area contributed by atoms with Crippen molar-refractivity contribution >= 4 is 39.3 Å². The van der Waals surface area contributed by atoms with Crippen LogP contribution in [0, 0.1) is 44.8 Å². The third kappa shape index (κ3) is 7.44. The molecule has 0 aromatic heterocycles. The van der Waals surface area contributed by atoms with E-state index in [4.69, 9.17) is 0 Å². The SMILES string of the molecule is C=C[C@@H]1C[C@]1(CC(=O)[C@@H]1C[C@@]2(CN1C(=O)[C@@H](CC(=O)[C@@H](NC(=O)[C@@H]1CCCCN1CC)C1CCCCC1)C(C)(C)C)C(C)(C)C21CCC1)C(=O)NS(=O)(=O)C1(CCC)CC1. The van der Waals surface area contributed by atoms with E-state index in [2.05, 4.69) is 42.3 Å². The van der Waals surface area contributed by atoms with Gasteiger partial charge in [0.2, 0.25) is 27.7 Å². The number of carbonyl (C=O) groups is 5. The number of piperidine rings is 1. The molecule has 7 rings (SSSR count). The van der Waals surface area contributed by atoms with Crippen molar-refractivity contribution < 1.29 is 32.4 Å². The molecule has 11 nitrogen and oxygen atoms in total. The van der Waals surface area contributed by atoms with Gasteiger partial charge in [-0.3, -0.25) is 33.6 Å². The zero-order chi connectivity index (χ0) is 43.7. The predicted molar refractivity (Wildman–Crippen MR) is 233 cm³/mol. The van der Waals surface area contributed by atoms with Gasteiger partial charge in [-0.15, -0.1) is 6.58 Å². The number of nitrogens with one attached hydrogen (secondary N) is 2. The number of nitrogens with zero attached hydrogens (tertiary/aromatic N) is 2. The minimum absolute atomic E-state index is 0.0129. The van der Waals surface area contributed by atoms with Crippen LogP contribution in [0.15, 0.2) is 12.7 Å². The molecule has 0 bridgehead atoms. The minimum atomic E-state index is -3.94. The normalized spacial score (nSPS) is 32.7. The Morgan fingerprint density at radius 2 is 1.53 bits per heavy atom. The van der Waals surface area contributed by atoms with Crippen LogP contribution in [0.4, 0.5) is 0 Å². The van der Waals surface area contributed by atoms with E-state index in [0.29, 0.717) is 45.1 Å². The maximum atomic E-state index is 15.4. The highest BCUT2D eigenvalue weighted by molar-refractivity contribution is 7.91. The number of likely N-dealkylation sites (N-methyl/N-ethyl adjacent to an activating group) is 1. The lowest BCUT2D eigenvalue weighted by Crippen LogP contribution is -2.56. The summed E-state index contributed by atoms with van der Waals surface area (Å²) >= 11 is 0. The summed E-state index contributed by atoms with van der Waals surface area (Å²) in [6.45, 7) is 20.5. The smallest absolute Gasteiger partial charge is 0.240 e. The van der Waals surface area contributed by atoms with Gasteiger partial charge in [-0.25, -0.2) is 8.42 Å². The maximum absolute atomic E-state index is 15.4. The Kier molecular flexibility index (Phi) is 12.3. The number of hydrogen-bond donors (Lipinski definition) is 2. The summed E-state index contributed by atoms with van der Waals surface area (Å²) in [6.07, 6.45) is 15.3. The van der Waals surface area contributed by atoms with Crippen LogP contribution in [-0.4, -0.2) is 90.0 Å². The topological polar surface area (TPSA) is 150 Å². The first-order valence-corrected chi connectivity index (χ1v) is 25.3. The van der Waals surface area contributed by atoms with Crippen LogP contribution in [0.2, 0.25) is 0 Å². The number of amides is 3. The summed E-state index contributed by atoms with van der Waals surface area (Å²) in [5.74, 6) is -2.35. The summed E-state index contributed by atoms with van der Waals surface area (Å²) in [5, 5.41) is 3.26. The second kappa shape index (κ2) is 16.2. The molecule has 12 heteroatoms. The van der Waals surface area contributed by atoms with Gasteiger partial charge in [0.05, 0.1) is 28.3 Å². The molecule has 5 saturated carbocycles. The van der Waals surface area contributed by atoms with Gasteiger partial charge in [-0.2, -0.15) is 0 Å².